The number of furan rings is 1. The SMILES string of the molecule is O=C(CCNC(=O)NC1CCCCC1)Nc1cccc(NC(=O)c2ccco2)c1. The van der Waals surface area contributed by atoms with Gasteiger partial charge >= 0.3 is 6.03 Å². The Morgan fingerprint density at radius 3 is 2.45 bits per heavy atom. The number of anilines is 2. The smallest absolute Gasteiger partial charge is 0.315 e. The molecular formula is C21H26N4O4. The molecule has 3 rings (SSSR count). The maximum atomic E-state index is 12.1. The summed E-state index contributed by atoms with van der Waals surface area (Å²) in [6, 6.07) is 10.0. The van der Waals surface area contributed by atoms with E-state index in [1.54, 1.807) is 36.4 Å². The fourth-order valence-electron chi connectivity index (χ4n) is 3.27. The molecule has 1 fully saturated rings. The van der Waals surface area contributed by atoms with Crippen molar-refractivity contribution in [2.75, 3.05) is 17.2 Å². The van der Waals surface area contributed by atoms with Gasteiger partial charge in [0.2, 0.25) is 5.91 Å². The normalized spacial score (nSPS) is 14.1. The van der Waals surface area contributed by atoms with Crippen molar-refractivity contribution in [1.29, 1.82) is 0 Å². The van der Waals surface area contributed by atoms with E-state index in [9.17, 15) is 14.4 Å². The van der Waals surface area contributed by atoms with E-state index in [-0.39, 0.29) is 42.6 Å². The number of amides is 4. The van der Waals surface area contributed by atoms with E-state index in [0.717, 1.165) is 25.7 Å². The van der Waals surface area contributed by atoms with Crippen LogP contribution < -0.4 is 21.3 Å². The Bertz CT molecular complexity index is 829. The maximum Gasteiger partial charge on any atom is 0.315 e. The predicted octanol–water partition coefficient (Wildman–Crippen LogP) is 3.49. The molecule has 29 heavy (non-hydrogen) atoms. The minimum Gasteiger partial charge on any atom is -0.459 e. The highest BCUT2D eigenvalue weighted by molar-refractivity contribution is 6.02. The van der Waals surface area contributed by atoms with Gasteiger partial charge < -0.3 is 25.7 Å². The lowest BCUT2D eigenvalue weighted by atomic mass is 9.96. The summed E-state index contributed by atoms with van der Waals surface area (Å²) in [4.78, 5) is 36.0. The first kappa shape index (κ1) is 20.4. The van der Waals surface area contributed by atoms with Crippen LogP contribution in [0.25, 0.3) is 0 Å². The van der Waals surface area contributed by atoms with E-state index < -0.39 is 0 Å². The molecule has 1 saturated carbocycles. The van der Waals surface area contributed by atoms with Gasteiger partial charge in [0, 0.05) is 30.4 Å². The van der Waals surface area contributed by atoms with E-state index >= 15 is 0 Å². The van der Waals surface area contributed by atoms with E-state index in [0.29, 0.717) is 11.4 Å². The molecule has 4 N–H and O–H groups in total. The van der Waals surface area contributed by atoms with E-state index in [2.05, 4.69) is 21.3 Å². The summed E-state index contributed by atoms with van der Waals surface area (Å²) in [6.45, 7) is 0.249. The van der Waals surface area contributed by atoms with Crippen molar-refractivity contribution in [3.8, 4) is 0 Å². The molecule has 0 bridgehead atoms. The molecule has 4 amide bonds. The van der Waals surface area contributed by atoms with Crippen LogP contribution >= 0.6 is 0 Å². The second-order valence-corrected chi connectivity index (χ2v) is 7.05. The van der Waals surface area contributed by atoms with Crippen molar-refractivity contribution < 1.29 is 18.8 Å². The molecule has 8 heteroatoms. The topological polar surface area (TPSA) is 112 Å². The molecule has 1 aliphatic carbocycles. The lowest BCUT2D eigenvalue weighted by Crippen LogP contribution is -2.43. The minimum absolute atomic E-state index is 0.154. The Morgan fingerprint density at radius 2 is 1.72 bits per heavy atom. The van der Waals surface area contributed by atoms with Gasteiger partial charge in [0.05, 0.1) is 6.26 Å². The number of rotatable bonds is 7. The summed E-state index contributed by atoms with van der Waals surface area (Å²) in [5.41, 5.74) is 1.09. The average Bonchev–Trinajstić information content (AvgIpc) is 3.24. The van der Waals surface area contributed by atoms with Crippen LogP contribution in [0.4, 0.5) is 16.2 Å². The van der Waals surface area contributed by atoms with Crippen molar-refractivity contribution in [2.45, 2.75) is 44.6 Å². The number of carbonyl (C=O) groups excluding carboxylic acids is 3. The van der Waals surface area contributed by atoms with E-state index in [1.807, 2.05) is 0 Å². The highest BCUT2D eigenvalue weighted by Crippen LogP contribution is 2.17. The van der Waals surface area contributed by atoms with Crippen LogP contribution in [0.2, 0.25) is 0 Å². The fourth-order valence-corrected chi connectivity index (χ4v) is 3.27. The first-order chi connectivity index (χ1) is 14.1. The minimum atomic E-state index is -0.369. The molecule has 1 aromatic heterocycles. The van der Waals surface area contributed by atoms with Crippen molar-refractivity contribution in [3.05, 3.63) is 48.4 Å². The second kappa shape index (κ2) is 10.3. The fraction of sp³-hybridized carbons (Fsp3) is 0.381. The molecule has 1 heterocycles. The predicted molar refractivity (Wildman–Crippen MR) is 110 cm³/mol. The molecule has 154 valence electrons. The Labute approximate surface area is 169 Å². The number of nitrogens with one attached hydrogen (secondary N) is 4. The third kappa shape index (κ3) is 6.67. The first-order valence-corrected chi connectivity index (χ1v) is 9.89. The maximum absolute atomic E-state index is 12.1. The standard InChI is InChI=1S/C21H26N4O4/c26-19(11-12-22-21(28)25-15-6-2-1-3-7-15)23-16-8-4-9-17(14-16)24-20(27)18-10-5-13-29-18/h4-5,8-10,13-15H,1-3,6-7,11-12H2,(H,23,26)(H,24,27)(H2,22,25,28). The summed E-state index contributed by atoms with van der Waals surface area (Å²) < 4.78 is 5.05. The Hall–Kier alpha value is -3.29. The Kier molecular flexibility index (Phi) is 7.27. The van der Waals surface area contributed by atoms with Crippen LogP contribution in [0.5, 0.6) is 0 Å². The summed E-state index contributed by atoms with van der Waals surface area (Å²) in [5.74, 6) is -0.388. The summed E-state index contributed by atoms with van der Waals surface area (Å²) in [7, 11) is 0. The van der Waals surface area contributed by atoms with Crippen LogP contribution in [0.1, 0.15) is 49.1 Å². The molecule has 0 unspecified atom stereocenters. The number of hydrogen-bond acceptors (Lipinski definition) is 4. The van der Waals surface area contributed by atoms with Crippen molar-refractivity contribution in [1.82, 2.24) is 10.6 Å². The Balaban J connectivity index is 1.39. The van der Waals surface area contributed by atoms with Gasteiger partial charge in [-0.15, -0.1) is 0 Å². The van der Waals surface area contributed by atoms with Crippen LogP contribution in [0, 0.1) is 0 Å². The van der Waals surface area contributed by atoms with E-state index in [1.165, 1.54) is 12.7 Å². The van der Waals surface area contributed by atoms with Gasteiger partial charge in [0.15, 0.2) is 5.76 Å². The summed E-state index contributed by atoms with van der Waals surface area (Å²) in [6.07, 6.45) is 7.13. The molecule has 2 aromatic rings. The molecule has 0 atom stereocenters. The molecule has 0 radical (unpaired) electrons. The lowest BCUT2D eigenvalue weighted by molar-refractivity contribution is -0.116. The quantitative estimate of drug-likeness (QED) is 0.572. The zero-order chi connectivity index (χ0) is 20.5. The average molecular weight is 398 g/mol. The highest BCUT2D eigenvalue weighted by atomic mass is 16.3. The molecule has 0 saturated heterocycles. The molecular weight excluding hydrogens is 372 g/mol. The molecule has 1 aliphatic rings. The van der Waals surface area contributed by atoms with Crippen LogP contribution in [-0.2, 0) is 4.79 Å². The number of urea groups is 1. The molecule has 0 spiro atoms. The van der Waals surface area contributed by atoms with Crippen LogP contribution in [-0.4, -0.2) is 30.4 Å². The van der Waals surface area contributed by atoms with Gasteiger partial charge in [-0.25, -0.2) is 4.79 Å². The molecule has 0 aliphatic heterocycles. The first-order valence-electron chi connectivity index (χ1n) is 9.89. The molecule has 8 nitrogen and oxygen atoms in total. The zero-order valence-electron chi connectivity index (χ0n) is 16.2. The van der Waals surface area contributed by atoms with Gasteiger partial charge in [-0.2, -0.15) is 0 Å². The van der Waals surface area contributed by atoms with Gasteiger partial charge in [-0.05, 0) is 43.2 Å². The van der Waals surface area contributed by atoms with Crippen LogP contribution in [0.3, 0.4) is 0 Å². The number of carbonyl (C=O) groups is 3. The second-order valence-electron chi connectivity index (χ2n) is 7.05. The van der Waals surface area contributed by atoms with Crippen molar-refractivity contribution >= 4 is 29.2 Å². The van der Waals surface area contributed by atoms with Gasteiger partial charge in [-0.3, -0.25) is 9.59 Å². The van der Waals surface area contributed by atoms with Gasteiger partial charge in [0.25, 0.3) is 5.91 Å². The highest BCUT2D eigenvalue weighted by Gasteiger charge is 2.15. The monoisotopic (exact) mass is 398 g/mol. The Morgan fingerprint density at radius 1 is 0.966 bits per heavy atom. The zero-order valence-corrected chi connectivity index (χ0v) is 16.2. The lowest BCUT2D eigenvalue weighted by Gasteiger charge is -2.22. The summed E-state index contributed by atoms with van der Waals surface area (Å²) in [5, 5.41) is 11.1. The third-order valence-corrected chi connectivity index (χ3v) is 4.73. The largest absolute Gasteiger partial charge is 0.459 e. The van der Waals surface area contributed by atoms with Crippen molar-refractivity contribution in [3.63, 3.8) is 0 Å². The van der Waals surface area contributed by atoms with E-state index in [4.69, 9.17) is 4.42 Å². The van der Waals surface area contributed by atoms with Gasteiger partial charge in [-0.1, -0.05) is 25.3 Å². The number of benzene rings is 1. The number of hydrogen-bond donors (Lipinski definition) is 4. The van der Waals surface area contributed by atoms with Crippen molar-refractivity contribution in [2.24, 2.45) is 0 Å². The van der Waals surface area contributed by atoms with Gasteiger partial charge in [0.1, 0.15) is 0 Å². The summed E-state index contributed by atoms with van der Waals surface area (Å²) >= 11 is 0. The third-order valence-electron chi connectivity index (χ3n) is 4.73. The molecule has 1 aromatic carbocycles. The van der Waals surface area contributed by atoms with Crippen LogP contribution in [0.15, 0.2) is 47.1 Å².